The molecule has 0 aliphatic carbocycles. The average molecular weight is 324 g/mol. The Morgan fingerprint density at radius 1 is 0.875 bits per heavy atom. The van der Waals surface area contributed by atoms with Crippen LogP contribution in [-0.2, 0) is 0 Å². The van der Waals surface area contributed by atoms with Crippen LogP contribution in [0.2, 0.25) is 0 Å². The van der Waals surface area contributed by atoms with E-state index in [1.807, 2.05) is 0 Å². The first-order chi connectivity index (χ1) is 11.6. The van der Waals surface area contributed by atoms with Gasteiger partial charge in [-0.3, -0.25) is 20.6 Å². The van der Waals surface area contributed by atoms with Crippen molar-refractivity contribution >= 4 is 22.4 Å². The molecule has 0 spiro atoms. The Bertz CT molecular complexity index is 732. The van der Waals surface area contributed by atoms with Gasteiger partial charge in [0.15, 0.2) is 0 Å². The zero-order chi connectivity index (χ0) is 16.9. The van der Waals surface area contributed by atoms with Crippen molar-refractivity contribution in [3.8, 4) is 0 Å². The second kappa shape index (κ2) is 7.47. The van der Waals surface area contributed by atoms with Crippen LogP contribution in [0, 0.1) is 6.92 Å². The third-order valence-electron chi connectivity index (χ3n) is 4.45. The second-order valence-corrected chi connectivity index (χ2v) is 6.78. The fourth-order valence-electron chi connectivity index (χ4n) is 3.14. The van der Waals surface area contributed by atoms with Crippen LogP contribution >= 0.6 is 0 Å². The number of rotatable bonds is 2. The molecule has 0 radical (unpaired) electrons. The molecule has 0 saturated carbocycles. The molecule has 4 N–H and O–H groups in total. The van der Waals surface area contributed by atoms with E-state index < -0.39 is 0 Å². The van der Waals surface area contributed by atoms with Crippen LogP contribution in [0.3, 0.4) is 0 Å². The van der Waals surface area contributed by atoms with Gasteiger partial charge in [0.25, 0.3) is 11.7 Å². The number of hydrogen-bond acceptors (Lipinski definition) is 2. The van der Waals surface area contributed by atoms with E-state index in [-0.39, 0.29) is 0 Å². The van der Waals surface area contributed by atoms with Crippen molar-refractivity contribution < 1.29 is 9.98 Å². The normalized spacial score (nSPS) is 22.1. The first-order valence-corrected chi connectivity index (χ1v) is 8.78. The summed E-state index contributed by atoms with van der Waals surface area (Å²) in [7, 11) is 0. The number of nitrogens with one attached hydrogen (secondary N) is 4. The van der Waals surface area contributed by atoms with Gasteiger partial charge in [-0.15, -0.1) is 0 Å². The van der Waals surface area contributed by atoms with E-state index in [4.69, 9.17) is 0 Å². The van der Waals surface area contributed by atoms with Crippen LogP contribution in [0.25, 0.3) is 10.8 Å². The van der Waals surface area contributed by atoms with Crippen LogP contribution in [0.4, 0.5) is 0 Å². The molecule has 24 heavy (non-hydrogen) atoms. The fourth-order valence-corrected chi connectivity index (χ4v) is 3.14. The van der Waals surface area contributed by atoms with Gasteiger partial charge in [-0.2, -0.15) is 0 Å². The molecule has 2 aromatic carbocycles. The molecular formula is C20H28N4+2. The van der Waals surface area contributed by atoms with Gasteiger partial charge in [-0.05, 0) is 37.1 Å². The van der Waals surface area contributed by atoms with Gasteiger partial charge >= 0.3 is 0 Å². The highest BCUT2D eigenvalue weighted by Crippen LogP contribution is 2.16. The molecule has 0 bridgehead atoms. The zero-order valence-electron chi connectivity index (χ0n) is 14.8. The minimum absolute atomic E-state index is 0.564. The summed E-state index contributed by atoms with van der Waals surface area (Å²) < 4.78 is 0. The van der Waals surface area contributed by atoms with Crippen molar-refractivity contribution in [1.82, 2.24) is 10.6 Å². The van der Waals surface area contributed by atoms with E-state index in [0.29, 0.717) is 12.1 Å². The van der Waals surface area contributed by atoms with Crippen LogP contribution in [0.15, 0.2) is 42.5 Å². The Morgan fingerprint density at radius 3 is 2.00 bits per heavy atom. The van der Waals surface area contributed by atoms with Crippen LogP contribution < -0.4 is 20.6 Å². The molecule has 4 rings (SSSR count). The van der Waals surface area contributed by atoms with Gasteiger partial charge in [0.2, 0.25) is 0 Å². The van der Waals surface area contributed by atoms with E-state index in [1.165, 1.54) is 28.0 Å². The molecule has 126 valence electrons. The van der Waals surface area contributed by atoms with Crippen molar-refractivity contribution in [2.45, 2.75) is 39.3 Å². The molecule has 4 nitrogen and oxygen atoms in total. The summed E-state index contributed by atoms with van der Waals surface area (Å²) in [6.45, 7) is 8.59. The molecule has 2 heterocycles. The first kappa shape index (κ1) is 16.5. The highest BCUT2D eigenvalue weighted by Gasteiger charge is 2.27. The smallest absolute Gasteiger partial charge is 0.255 e. The van der Waals surface area contributed by atoms with E-state index in [9.17, 15) is 0 Å². The molecule has 0 aromatic heterocycles. The van der Waals surface area contributed by atoms with Gasteiger partial charge in [0.1, 0.15) is 31.6 Å². The van der Waals surface area contributed by atoms with Crippen molar-refractivity contribution in [1.29, 1.82) is 0 Å². The SMILES string of the molecule is CC1C[NH+]=C(CC2=[NH+]CC(C)N2)N1.Cc1cccc2ccccc12. The van der Waals surface area contributed by atoms with Crippen molar-refractivity contribution in [3.05, 3.63) is 48.0 Å². The monoisotopic (exact) mass is 324 g/mol. The second-order valence-electron chi connectivity index (χ2n) is 6.78. The van der Waals surface area contributed by atoms with Crippen LogP contribution in [-0.4, -0.2) is 36.8 Å². The Labute approximate surface area is 144 Å². The minimum atomic E-state index is 0.564. The van der Waals surface area contributed by atoms with Crippen LogP contribution in [0.1, 0.15) is 25.8 Å². The van der Waals surface area contributed by atoms with E-state index in [1.54, 1.807) is 0 Å². The Hall–Kier alpha value is -2.36. The number of benzene rings is 2. The fraction of sp³-hybridized carbons (Fsp3) is 0.400. The number of aryl methyl sites for hydroxylation is 1. The lowest BCUT2D eigenvalue weighted by Crippen LogP contribution is -2.75. The lowest BCUT2D eigenvalue weighted by molar-refractivity contribution is -0.454. The predicted octanol–water partition coefficient (Wildman–Crippen LogP) is -0.534. The van der Waals surface area contributed by atoms with Gasteiger partial charge in [0.05, 0.1) is 0 Å². The molecule has 0 fully saturated rings. The molecule has 2 aromatic rings. The van der Waals surface area contributed by atoms with Gasteiger partial charge in [-0.1, -0.05) is 42.5 Å². The van der Waals surface area contributed by atoms with E-state index >= 15 is 0 Å². The van der Waals surface area contributed by atoms with Gasteiger partial charge in [0, 0.05) is 0 Å². The quantitative estimate of drug-likeness (QED) is 0.600. The van der Waals surface area contributed by atoms with Gasteiger partial charge < -0.3 is 0 Å². The molecule has 2 aliphatic rings. The van der Waals surface area contributed by atoms with Crippen molar-refractivity contribution in [2.75, 3.05) is 13.1 Å². The topological polar surface area (TPSA) is 52.0 Å². The highest BCUT2D eigenvalue weighted by molar-refractivity contribution is 5.98. The number of amidine groups is 2. The van der Waals surface area contributed by atoms with E-state index in [0.717, 1.165) is 19.5 Å². The summed E-state index contributed by atoms with van der Waals surface area (Å²) in [5, 5.41) is 9.48. The maximum absolute atomic E-state index is 3.40. The lowest BCUT2D eigenvalue weighted by atomic mass is 10.1. The molecule has 0 saturated heterocycles. The van der Waals surface area contributed by atoms with E-state index in [2.05, 4.69) is 83.9 Å². The molecule has 2 aliphatic heterocycles. The maximum atomic E-state index is 3.40. The van der Waals surface area contributed by atoms with Crippen LogP contribution in [0.5, 0.6) is 0 Å². The highest BCUT2D eigenvalue weighted by atomic mass is 15.1. The largest absolute Gasteiger partial charge is 0.274 e. The molecule has 4 heteroatoms. The lowest BCUT2D eigenvalue weighted by Gasteiger charge is -1.98. The molecule has 2 unspecified atom stereocenters. The summed E-state index contributed by atoms with van der Waals surface area (Å²) in [5.74, 6) is 2.47. The zero-order valence-corrected chi connectivity index (χ0v) is 14.8. The molecular weight excluding hydrogens is 296 g/mol. The Kier molecular flexibility index (Phi) is 5.14. The Balaban J connectivity index is 0.000000143. The Morgan fingerprint density at radius 2 is 1.46 bits per heavy atom. The third kappa shape index (κ3) is 4.13. The van der Waals surface area contributed by atoms with Crippen molar-refractivity contribution in [2.24, 2.45) is 0 Å². The molecule has 0 amide bonds. The third-order valence-corrected chi connectivity index (χ3v) is 4.45. The number of fused-ring (bicyclic) bond motifs is 1. The average Bonchev–Trinajstić information content (AvgIpc) is 3.17. The first-order valence-electron chi connectivity index (χ1n) is 8.78. The number of hydrogen-bond donors (Lipinski definition) is 4. The summed E-state index contributed by atoms with van der Waals surface area (Å²) in [4.78, 5) is 6.71. The summed E-state index contributed by atoms with van der Waals surface area (Å²) >= 11 is 0. The summed E-state index contributed by atoms with van der Waals surface area (Å²) in [6, 6.07) is 16.0. The van der Waals surface area contributed by atoms with Crippen molar-refractivity contribution in [3.63, 3.8) is 0 Å². The minimum Gasteiger partial charge on any atom is -0.274 e. The summed E-state index contributed by atoms with van der Waals surface area (Å²) in [5.41, 5.74) is 1.35. The standard InChI is InChI=1S/C11H10.C9H16N4/c1-9-5-4-7-10-6-2-3-8-11(9)10;1-6-4-10-8(12-6)3-9-11-5-7(2)13-9/h2-8H,1H3;6-7H,3-5H2,1-2H3,(H,10,12)(H,11,13)/p+2. The van der Waals surface area contributed by atoms with Gasteiger partial charge in [-0.25, -0.2) is 0 Å². The maximum Gasteiger partial charge on any atom is 0.255 e. The molecule has 2 atom stereocenters. The summed E-state index contributed by atoms with van der Waals surface area (Å²) in [6.07, 6.45) is 0.953. The predicted molar refractivity (Wildman–Crippen MR) is 100 cm³/mol.